The molecule has 0 fully saturated rings. The Kier molecular flexibility index (Phi) is 3.14. The summed E-state index contributed by atoms with van der Waals surface area (Å²) in [6.45, 7) is 0. The second-order valence-electron chi connectivity index (χ2n) is 2.63. The van der Waals surface area contributed by atoms with E-state index in [1.807, 2.05) is 0 Å². The monoisotopic (exact) mass is 209 g/mol. The Morgan fingerprint density at radius 2 is 2.13 bits per heavy atom. The van der Waals surface area contributed by atoms with Crippen LogP contribution in [0.2, 0.25) is 0 Å². The van der Waals surface area contributed by atoms with E-state index in [-0.39, 0.29) is 12.0 Å². The molecule has 1 N–H and O–H groups in total. The van der Waals surface area contributed by atoms with Gasteiger partial charge in [-0.2, -0.15) is 10.5 Å². The van der Waals surface area contributed by atoms with Gasteiger partial charge in [-0.05, 0) is 0 Å². The van der Waals surface area contributed by atoms with E-state index in [4.69, 9.17) is 10.5 Å². The van der Waals surface area contributed by atoms with Crippen molar-refractivity contribution in [3.8, 4) is 17.9 Å². The van der Waals surface area contributed by atoms with E-state index in [1.165, 1.54) is 6.07 Å². The molecule has 0 atom stereocenters. The van der Waals surface area contributed by atoms with Crippen molar-refractivity contribution < 1.29 is 13.9 Å². The van der Waals surface area contributed by atoms with E-state index in [1.54, 1.807) is 6.07 Å². The van der Waals surface area contributed by atoms with Crippen LogP contribution in [0.3, 0.4) is 0 Å². The predicted octanol–water partition coefficient (Wildman–Crippen LogP) is 1.66. The number of nitriles is 2. The minimum absolute atomic E-state index is 0.106. The first kappa shape index (κ1) is 10.9. The zero-order valence-corrected chi connectivity index (χ0v) is 7.41. The summed E-state index contributed by atoms with van der Waals surface area (Å²) < 4.78 is 24.8. The maximum Gasteiger partial charge on any atom is 0.281 e. The first-order valence-electron chi connectivity index (χ1n) is 3.87. The lowest BCUT2D eigenvalue weighted by molar-refractivity contribution is 0.145. The summed E-state index contributed by atoms with van der Waals surface area (Å²) in [4.78, 5) is 3.26. The van der Waals surface area contributed by atoms with E-state index >= 15 is 0 Å². The molecule has 0 unspecified atom stereocenters. The molecule has 0 aliphatic heterocycles. The number of hydrogen-bond acceptors (Lipinski definition) is 4. The fourth-order valence-electron chi connectivity index (χ4n) is 1.10. The van der Waals surface area contributed by atoms with E-state index in [9.17, 15) is 13.9 Å². The third-order valence-corrected chi connectivity index (χ3v) is 1.77. The van der Waals surface area contributed by atoms with Gasteiger partial charge in [0.05, 0.1) is 24.3 Å². The lowest BCUT2D eigenvalue weighted by Crippen LogP contribution is -2.00. The van der Waals surface area contributed by atoms with Gasteiger partial charge in [0.1, 0.15) is 17.5 Å². The molecule has 76 valence electrons. The second-order valence-corrected chi connectivity index (χ2v) is 2.63. The number of halogens is 2. The van der Waals surface area contributed by atoms with Crippen LogP contribution >= 0.6 is 0 Å². The molecule has 0 amide bonds. The summed E-state index contributed by atoms with van der Waals surface area (Å²) in [6.07, 6.45) is -2.40. The van der Waals surface area contributed by atoms with Crippen LogP contribution in [0.25, 0.3) is 0 Å². The molecule has 1 rings (SSSR count). The Bertz CT molecular complexity index is 460. The van der Waals surface area contributed by atoms with Gasteiger partial charge < -0.3 is 5.11 Å². The lowest BCUT2D eigenvalue weighted by atomic mass is 10.0. The average molecular weight is 209 g/mol. The fraction of sp³-hybridized carbons (Fsp3) is 0.222. The molecular formula is C9H5F2N3O. The van der Waals surface area contributed by atoms with E-state index in [0.29, 0.717) is 0 Å². The molecule has 15 heavy (non-hydrogen) atoms. The molecule has 0 spiro atoms. The zero-order chi connectivity index (χ0) is 11.4. The van der Waals surface area contributed by atoms with Gasteiger partial charge in [-0.25, -0.2) is 13.8 Å². The summed E-state index contributed by atoms with van der Waals surface area (Å²) in [5.74, 6) is -0.419. The molecule has 4 nitrogen and oxygen atoms in total. The van der Waals surface area contributed by atoms with Crippen molar-refractivity contribution in [3.63, 3.8) is 0 Å². The van der Waals surface area contributed by atoms with Crippen molar-refractivity contribution in [1.29, 1.82) is 10.5 Å². The van der Waals surface area contributed by atoms with Crippen LogP contribution in [0.1, 0.15) is 23.2 Å². The number of rotatable bonds is 2. The highest BCUT2D eigenvalue weighted by molar-refractivity contribution is 5.49. The molecular weight excluding hydrogens is 204 g/mol. The third kappa shape index (κ3) is 2.00. The second kappa shape index (κ2) is 4.34. The highest BCUT2D eigenvalue weighted by Gasteiger charge is 2.20. The zero-order valence-electron chi connectivity index (χ0n) is 7.41. The molecule has 0 radical (unpaired) electrons. The third-order valence-electron chi connectivity index (χ3n) is 1.77. The Balaban J connectivity index is 3.43. The van der Waals surface area contributed by atoms with Gasteiger partial charge in [0.2, 0.25) is 0 Å². The van der Waals surface area contributed by atoms with Gasteiger partial charge in [-0.15, -0.1) is 0 Å². The minimum atomic E-state index is -2.90. The number of alkyl halides is 2. The smallest absolute Gasteiger partial charge is 0.281 e. The van der Waals surface area contributed by atoms with Gasteiger partial charge in [0, 0.05) is 5.56 Å². The molecule has 0 aliphatic rings. The molecule has 0 saturated carbocycles. The van der Waals surface area contributed by atoms with Crippen LogP contribution < -0.4 is 0 Å². The number of hydrogen-bond donors (Lipinski definition) is 1. The van der Waals surface area contributed by atoms with Crippen LogP contribution in [0.4, 0.5) is 8.78 Å². The summed E-state index contributed by atoms with van der Waals surface area (Å²) in [6, 6.07) is 3.20. The molecule has 6 heteroatoms. The average Bonchev–Trinajstić information content (AvgIpc) is 2.20. The van der Waals surface area contributed by atoms with Crippen molar-refractivity contribution >= 4 is 0 Å². The molecule has 0 saturated heterocycles. The van der Waals surface area contributed by atoms with Crippen molar-refractivity contribution in [2.75, 3.05) is 0 Å². The largest absolute Gasteiger partial charge is 0.506 e. The molecule has 0 aliphatic carbocycles. The first-order chi connectivity index (χ1) is 7.11. The maximum absolute atomic E-state index is 12.4. The van der Waals surface area contributed by atoms with E-state index in [0.717, 1.165) is 6.20 Å². The van der Waals surface area contributed by atoms with Crippen molar-refractivity contribution in [2.24, 2.45) is 0 Å². The topological polar surface area (TPSA) is 80.7 Å². The van der Waals surface area contributed by atoms with E-state index < -0.39 is 23.4 Å². The van der Waals surface area contributed by atoms with Crippen molar-refractivity contribution in [1.82, 2.24) is 4.98 Å². The molecule has 1 aromatic rings. The van der Waals surface area contributed by atoms with Crippen LogP contribution in [-0.4, -0.2) is 10.1 Å². The molecule has 1 aromatic heterocycles. The summed E-state index contributed by atoms with van der Waals surface area (Å²) >= 11 is 0. The van der Waals surface area contributed by atoms with Gasteiger partial charge in [0.25, 0.3) is 6.43 Å². The molecule has 0 bridgehead atoms. The molecule has 1 heterocycles. The minimum Gasteiger partial charge on any atom is -0.506 e. The first-order valence-corrected chi connectivity index (χ1v) is 3.87. The van der Waals surface area contributed by atoms with Crippen molar-refractivity contribution in [3.05, 3.63) is 23.0 Å². The normalized spacial score (nSPS) is 9.67. The van der Waals surface area contributed by atoms with Crippen LogP contribution in [0.5, 0.6) is 5.75 Å². The lowest BCUT2D eigenvalue weighted by Gasteiger charge is -2.06. The Morgan fingerprint density at radius 1 is 1.47 bits per heavy atom. The van der Waals surface area contributed by atoms with Crippen LogP contribution in [0, 0.1) is 22.7 Å². The quantitative estimate of drug-likeness (QED) is 0.803. The van der Waals surface area contributed by atoms with E-state index in [2.05, 4.69) is 4.98 Å². The van der Waals surface area contributed by atoms with Gasteiger partial charge in [0.15, 0.2) is 0 Å². The standard InChI is InChI=1S/C9H5F2N3O/c10-9(11)8-6(3-13)5(1-2-12)7(15)4-14-8/h4,9,15H,1H2. The number of aromatic hydroxyl groups is 1. The highest BCUT2D eigenvalue weighted by atomic mass is 19.3. The van der Waals surface area contributed by atoms with Gasteiger partial charge in [-0.3, -0.25) is 0 Å². The predicted molar refractivity (Wildman–Crippen MR) is 44.9 cm³/mol. The number of aromatic nitrogens is 1. The molecule has 0 aromatic carbocycles. The fourth-order valence-corrected chi connectivity index (χ4v) is 1.10. The summed E-state index contributed by atoms with van der Waals surface area (Å²) in [5.41, 5.74) is -1.24. The van der Waals surface area contributed by atoms with Gasteiger partial charge >= 0.3 is 0 Å². The number of nitrogens with zero attached hydrogens (tertiary/aromatic N) is 3. The maximum atomic E-state index is 12.4. The Morgan fingerprint density at radius 3 is 2.60 bits per heavy atom. The number of pyridine rings is 1. The summed E-state index contributed by atoms with van der Waals surface area (Å²) in [7, 11) is 0. The Labute approximate surface area is 84.0 Å². The van der Waals surface area contributed by atoms with Gasteiger partial charge in [-0.1, -0.05) is 0 Å². The summed E-state index contributed by atoms with van der Waals surface area (Å²) in [5, 5.41) is 26.3. The SMILES string of the molecule is N#CCc1c(O)cnc(C(F)F)c1C#N. The van der Waals surface area contributed by atoms with Crippen molar-refractivity contribution in [2.45, 2.75) is 12.8 Å². The highest BCUT2D eigenvalue weighted by Crippen LogP contribution is 2.28. The van der Waals surface area contributed by atoms with Crippen LogP contribution in [0.15, 0.2) is 6.20 Å². The van der Waals surface area contributed by atoms with Crippen LogP contribution in [-0.2, 0) is 6.42 Å². The Hall–Kier alpha value is -2.21.